The van der Waals surface area contributed by atoms with Crippen molar-refractivity contribution in [3.05, 3.63) is 34.9 Å². The van der Waals surface area contributed by atoms with Gasteiger partial charge in [-0.3, -0.25) is 0 Å². The summed E-state index contributed by atoms with van der Waals surface area (Å²) in [5, 5.41) is 3.40. The van der Waals surface area contributed by atoms with Gasteiger partial charge in [-0.1, -0.05) is 23.8 Å². The number of hydrogen-bond donors (Lipinski definition) is 1. The summed E-state index contributed by atoms with van der Waals surface area (Å²) in [6, 6.07) is 7.09. The Morgan fingerprint density at radius 3 is 2.76 bits per heavy atom. The maximum atomic E-state index is 5.06. The molecular weight excluding hydrogens is 230 g/mol. The van der Waals surface area contributed by atoms with E-state index in [4.69, 9.17) is 4.74 Å². The van der Waals surface area contributed by atoms with E-state index in [2.05, 4.69) is 37.4 Å². The minimum atomic E-state index is 0.428. The van der Waals surface area contributed by atoms with Crippen LogP contribution in [-0.2, 0) is 4.74 Å². The first-order chi connectivity index (χ1) is 8.19. The fourth-order valence-corrected chi connectivity index (χ4v) is 2.84. The Morgan fingerprint density at radius 1 is 1.35 bits per heavy atom. The van der Waals surface area contributed by atoms with E-state index in [0.29, 0.717) is 6.04 Å². The van der Waals surface area contributed by atoms with Gasteiger partial charge in [0.05, 0.1) is 6.61 Å². The van der Waals surface area contributed by atoms with E-state index in [1.807, 2.05) is 18.8 Å². The van der Waals surface area contributed by atoms with Gasteiger partial charge in [-0.15, -0.1) is 0 Å². The van der Waals surface area contributed by atoms with Gasteiger partial charge in [-0.05, 0) is 32.0 Å². The van der Waals surface area contributed by atoms with Gasteiger partial charge in [0.1, 0.15) is 0 Å². The fraction of sp³-hybridized carbons (Fsp3) is 0.571. The highest BCUT2D eigenvalue weighted by molar-refractivity contribution is 7.99. The molecule has 1 aromatic rings. The molecule has 0 aliphatic heterocycles. The second-order valence-electron chi connectivity index (χ2n) is 4.27. The van der Waals surface area contributed by atoms with E-state index >= 15 is 0 Å². The molecule has 0 radical (unpaired) electrons. The van der Waals surface area contributed by atoms with Crippen LogP contribution in [0.3, 0.4) is 0 Å². The van der Waals surface area contributed by atoms with Crippen LogP contribution in [0, 0.1) is 13.8 Å². The Bertz CT molecular complexity index is 341. The average Bonchev–Trinajstić information content (AvgIpc) is 2.33. The third-order valence-electron chi connectivity index (χ3n) is 2.87. The molecule has 1 rings (SSSR count). The summed E-state index contributed by atoms with van der Waals surface area (Å²) in [6.07, 6.45) is 0. The van der Waals surface area contributed by atoms with E-state index in [1.54, 1.807) is 7.11 Å². The second-order valence-corrected chi connectivity index (χ2v) is 5.42. The largest absolute Gasteiger partial charge is 0.384 e. The summed E-state index contributed by atoms with van der Waals surface area (Å²) in [5.74, 6) is 2.14. The molecule has 0 bridgehead atoms. The van der Waals surface area contributed by atoms with Crippen molar-refractivity contribution in [2.45, 2.75) is 19.9 Å². The molecule has 2 nitrogen and oxygen atoms in total. The van der Waals surface area contributed by atoms with Crippen molar-refractivity contribution in [1.29, 1.82) is 0 Å². The number of hydrogen-bond acceptors (Lipinski definition) is 3. The van der Waals surface area contributed by atoms with Crippen molar-refractivity contribution in [2.75, 3.05) is 32.3 Å². The third kappa shape index (κ3) is 4.70. The van der Waals surface area contributed by atoms with Gasteiger partial charge in [0.15, 0.2) is 0 Å². The molecule has 0 fully saturated rings. The highest BCUT2D eigenvalue weighted by Crippen LogP contribution is 2.22. The number of thioether (sulfide) groups is 1. The first-order valence-electron chi connectivity index (χ1n) is 6.00. The molecule has 1 atom stereocenters. The Labute approximate surface area is 109 Å². The number of rotatable bonds is 7. The van der Waals surface area contributed by atoms with Crippen LogP contribution in [0.5, 0.6) is 0 Å². The fourth-order valence-electron chi connectivity index (χ4n) is 1.81. The van der Waals surface area contributed by atoms with Crippen molar-refractivity contribution in [1.82, 2.24) is 5.32 Å². The van der Waals surface area contributed by atoms with Crippen LogP contribution in [0.2, 0.25) is 0 Å². The number of benzene rings is 1. The van der Waals surface area contributed by atoms with Crippen LogP contribution < -0.4 is 5.32 Å². The third-order valence-corrected chi connectivity index (χ3v) is 3.90. The summed E-state index contributed by atoms with van der Waals surface area (Å²) in [6.45, 7) is 5.15. The van der Waals surface area contributed by atoms with Gasteiger partial charge in [0, 0.05) is 24.7 Å². The highest BCUT2D eigenvalue weighted by atomic mass is 32.2. The quantitative estimate of drug-likeness (QED) is 0.755. The van der Waals surface area contributed by atoms with E-state index in [-0.39, 0.29) is 0 Å². The van der Waals surface area contributed by atoms with Gasteiger partial charge >= 0.3 is 0 Å². The predicted octanol–water partition coefficient (Wildman–Crippen LogP) is 2.94. The van der Waals surface area contributed by atoms with Gasteiger partial charge in [0.25, 0.3) is 0 Å². The summed E-state index contributed by atoms with van der Waals surface area (Å²) in [5.41, 5.74) is 4.10. The summed E-state index contributed by atoms with van der Waals surface area (Å²) >= 11 is 1.93. The summed E-state index contributed by atoms with van der Waals surface area (Å²) in [7, 11) is 3.78. The molecule has 0 saturated carbocycles. The molecule has 17 heavy (non-hydrogen) atoms. The molecule has 1 N–H and O–H groups in total. The van der Waals surface area contributed by atoms with Crippen LogP contribution in [-0.4, -0.2) is 32.3 Å². The molecule has 1 unspecified atom stereocenters. The second kappa shape index (κ2) is 7.75. The predicted molar refractivity (Wildman–Crippen MR) is 76.9 cm³/mol. The van der Waals surface area contributed by atoms with E-state index in [9.17, 15) is 0 Å². The van der Waals surface area contributed by atoms with Crippen LogP contribution in [0.15, 0.2) is 18.2 Å². The number of methoxy groups -OCH3 is 1. The molecule has 0 aliphatic carbocycles. The maximum absolute atomic E-state index is 5.06. The molecule has 3 heteroatoms. The normalized spacial score (nSPS) is 12.7. The topological polar surface area (TPSA) is 21.3 Å². The van der Waals surface area contributed by atoms with Crippen LogP contribution in [0.1, 0.15) is 22.7 Å². The zero-order valence-corrected chi connectivity index (χ0v) is 12.1. The Kier molecular flexibility index (Phi) is 6.63. The van der Waals surface area contributed by atoms with Gasteiger partial charge in [0.2, 0.25) is 0 Å². The van der Waals surface area contributed by atoms with E-state index in [0.717, 1.165) is 18.1 Å². The van der Waals surface area contributed by atoms with Crippen LogP contribution >= 0.6 is 11.8 Å². The molecule has 96 valence electrons. The lowest BCUT2D eigenvalue weighted by Crippen LogP contribution is -2.20. The van der Waals surface area contributed by atoms with Crippen molar-refractivity contribution < 1.29 is 4.74 Å². The minimum absolute atomic E-state index is 0.428. The number of aryl methyl sites for hydroxylation is 2. The van der Waals surface area contributed by atoms with Crippen molar-refractivity contribution >= 4 is 11.8 Å². The van der Waals surface area contributed by atoms with Gasteiger partial charge in [-0.2, -0.15) is 11.8 Å². The Morgan fingerprint density at radius 2 is 2.12 bits per heavy atom. The zero-order valence-electron chi connectivity index (χ0n) is 11.2. The molecule has 1 aromatic carbocycles. The number of ether oxygens (including phenoxy) is 1. The van der Waals surface area contributed by atoms with E-state index in [1.165, 1.54) is 16.7 Å². The monoisotopic (exact) mass is 253 g/mol. The standard InChI is InChI=1S/C14H23NOS/c1-11-5-6-12(2)13(9-11)14(15-3)10-17-8-7-16-4/h5-6,9,14-15H,7-8,10H2,1-4H3. The van der Waals surface area contributed by atoms with Crippen molar-refractivity contribution in [2.24, 2.45) is 0 Å². The van der Waals surface area contributed by atoms with Gasteiger partial charge in [-0.25, -0.2) is 0 Å². The molecule has 0 aromatic heterocycles. The Hall–Kier alpha value is -0.510. The first-order valence-corrected chi connectivity index (χ1v) is 7.15. The molecule has 0 heterocycles. The smallest absolute Gasteiger partial charge is 0.0552 e. The lowest BCUT2D eigenvalue weighted by molar-refractivity contribution is 0.218. The average molecular weight is 253 g/mol. The molecule has 0 saturated heterocycles. The van der Waals surface area contributed by atoms with Gasteiger partial charge < -0.3 is 10.1 Å². The Balaban J connectivity index is 2.62. The van der Waals surface area contributed by atoms with Crippen molar-refractivity contribution in [3.63, 3.8) is 0 Å². The molecule has 0 aliphatic rings. The lowest BCUT2D eigenvalue weighted by Gasteiger charge is -2.19. The summed E-state index contributed by atoms with van der Waals surface area (Å²) < 4.78 is 5.06. The SMILES string of the molecule is CNC(CSCCOC)c1cc(C)ccc1C. The van der Waals surface area contributed by atoms with E-state index < -0.39 is 0 Å². The summed E-state index contributed by atoms with van der Waals surface area (Å²) in [4.78, 5) is 0. The van der Waals surface area contributed by atoms with Crippen LogP contribution in [0.4, 0.5) is 0 Å². The maximum Gasteiger partial charge on any atom is 0.0552 e. The zero-order chi connectivity index (χ0) is 12.7. The van der Waals surface area contributed by atoms with Crippen molar-refractivity contribution in [3.8, 4) is 0 Å². The van der Waals surface area contributed by atoms with Crippen LogP contribution in [0.25, 0.3) is 0 Å². The molecule has 0 amide bonds. The lowest BCUT2D eigenvalue weighted by atomic mass is 10.0. The highest BCUT2D eigenvalue weighted by Gasteiger charge is 2.11. The first kappa shape index (κ1) is 14.6. The molecular formula is C14H23NOS. The minimum Gasteiger partial charge on any atom is -0.384 e. The molecule has 0 spiro atoms. The number of nitrogens with one attached hydrogen (secondary N) is 1.